The quantitative estimate of drug-likeness (QED) is 0.555. The molecule has 2 aliphatic rings. The zero-order chi connectivity index (χ0) is 19.6. The fourth-order valence-corrected chi connectivity index (χ4v) is 5.79. The molecule has 2 aromatic carbocycles. The van der Waals surface area contributed by atoms with Crippen molar-refractivity contribution in [2.45, 2.75) is 30.2 Å². The molecule has 150 valence electrons. The molecule has 1 fully saturated rings. The van der Waals surface area contributed by atoms with E-state index in [0.29, 0.717) is 19.0 Å². The molecule has 2 aliphatic heterocycles. The lowest BCUT2D eigenvalue weighted by Crippen LogP contribution is -2.39. The van der Waals surface area contributed by atoms with Gasteiger partial charge in [0.1, 0.15) is 18.2 Å². The normalized spacial score (nSPS) is 18.8. The van der Waals surface area contributed by atoms with Gasteiger partial charge in [-0.05, 0) is 49.6 Å². The first kappa shape index (κ1) is 18.8. The molecule has 7 heteroatoms. The van der Waals surface area contributed by atoms with Gasteiger partial charge in [0.05, 0.1) is 22.0 Å². The summed E-state index contributed by atoms with van der Waals surface area (Å²) in [5.74, 6) is 2.13. The summed E-state index contributed by atoms with van der Waals surface area (Å²) in [6.45, 7) is 1.96. The Bertz CT molecular complexity index is 1000. The number of hydrogen-bond donors (Lipinski definition) is 0. The van der Waals surface area contributed by atoms with Crippen LogP contribution in [-0.2, 0) is 4.79 Å². The second kappa shape index (κ2) is 8.24. The molecule has 5 rings (SSSR count). The predicted molar refractivity (Wildman–Crippen MR) is 116 cm³/mol. The van der Waals surface area contributed by atoms with Crippen LogP contribution >= 0.6 is 23.1 Å². The first-order valence-corrected chi connectivity index (χ1v) is 11.8. The summed E-state index contributed by atoms with van der Waals surface area (Å²) in [6.07, 6.45) is 3.18. The molecule has 1 saturated heterocycles. The molecule has 1 aromatic heterocycles. The van der Waals surface area contributed by atoms with Crippen molar-refractivity contribution >= 4 is 39.2 Å². The molecule has 0 N–H and O–H groups in total. The Labute approximate surface area is 178 Å². The number of ether oxygens (including phenoxy) is 2. The molecule has 5 nitrogen and oxygen atoms in total. The van der Waals surface area contributed by atoms with Gasteiger partial charge in [0.15, 0.2) is 11.5 Å². The minimum atomic E-state index is 0.0921. The van der Waals surface area contributed by atoms with E-state index in [1.165, 1.54) is 4.70 Å². The highest BCUT2D eigenvalue weighted by atomic mass is 32.2. The maximum atomic E-state index is 13.1. The molecule has 1 amide bonds. The Kier molecular flexibility index (Phi) is 5.33. The SMILES string of the molecule is O=C(CSc1ccc2c(c1)OCCO2)N1CCCC[C@H]1c1nc2ccccc2s1. The molecule has 0 saturated carbocycles. The van der Waals surface area contributed by atoms with E-state index in [4.69, 9.17) is 14.5 Å². The van der Waals surface area contributed by atoms with Crippen molar-refractivity contribution in [1.82, 2.24) is 9.88 Å². The number of aromatic nitrogens is 1. The lowest BCUT2D eigenvalue weighted by atomic mass is 10.0. The Balaban J connectivity index is 1.29. The predicted octanol–water partition coefficient (Wildman–Crippen LogP) is 4.91. The van der Waals surface area contributed by atoms with E-state index in [2.05, 4.69) is 6.07 Å². The highest BCUT2D eigenvalue weighted by Gasteiger charge is 2.30. The van der Waals surface area contributed by atoms with Crippen LogP contribution in [0.1, 0.15) is 30.3 Å². The Morgan fingerprint density at radius 1 is 1.14 bits per heavy atom. The van der Waals surface area contributed by atoms with Crippen molar-refractivity contribution in [2.75, 3.05) is 25.5 Å². The summed E-state index contributed by atoms with van der Waals surface area (Å²) in [5, 5.41) is 1.06. The van der Waals surface area contributed by atoms with Crippen LogP contribution in [0.15, 0.2) is 47.4 Å². The van der Waals surface area contributed by atoms with E-state index in [0.717, 1.165) is 52.7 Å². The molecular weight excluding hydrogens is 404 g/mol. The molecule has 3 heterocycles. The van der Waals surface area contributed by atoms with Crippen LogP contribution in [0.3, 0.4) is 0 Å². The van der Waals surface area contributed by atoms with E-state index >= 15 is 0 Å². The van der Waals surface area contributed by atoms with Gasteiger partial charge in [0, 0.05) is 11.4 Å². The van der Waals surface area contributed by atoms with Crippen LogP contribution in [0.2, 0.25) is 0 Å². The smallest absolute Gasteiger partial charge is 0.233 e. The van der Waals surface area contributed by atoms with E-state index in [-0.39, 0.29) is 11.9 Å². The number of benzene rings is 2. The van der Waals surface area contributed by atoms with Crippen molar-refractivity contribution in [3.8, 4) is 11.5 Å². The van der Waals surface area contributed by atoms with Crippen LogP contribution in [0.25, 0.3) is 10.2 Å². The topological polar surface area (TPSA) is 51.7 Å². The molecule has 1 atom stereocenters. The standard InChI is InChI=1S/C22H22N2O3S2/c25-21(14-28-15-8-9-18-19(13-15)27-12-11-26-18)24-10-4-3-6-17(24)22-23-16-5-1-2-7-20(16)29-22/h1-2,5,7-9,13,17H,3-4,6,10-12,14H2/t17-/m0/s1. The van der Waals surface area contributed by atoms with Crippen LogP contribution in [0.5, 0.6) is 11.5 Å². The van der Waals surface area contributed by atoms with Gasteiger partial charge in [0.2, 0.25) is 5.91 Å². The van der Waals surface area contributed by atoms with Gasteiger partial charge in [-0.3, -0.25) is 4.79 Å². The number of carbonyl (C=O) groups is 1. The van der Waals surface area contributed by atoms with Crippen molar-refractivity contribution < 1.29 is 14.3 Å². The molecule has 0 radical (unpaired) electrons. The largest absolute Gasteiger partial charge is 0.486 e. The molecule has 0 spiro atoms. The molecule has 3 aromatic rings. The Morgan fingerprint density at radius 2 is 2.00 bits per heavy atom. The average Bonchev–Trinajstić information content (AvgIpc) is 3.21. The van der Waals surface area contributed by atoms with Crippen molar-refractivity contribution in [1.29, 1.82) is 0 Å². The van der Waals surface area contributed by atoms with Gasteiger partial charge in [-0.2, -0.15) is 0 Å². The van der Waals surface area contributed by atoms with Crippen LogP contribution < -0.4 is 9.47 Å². The maximum absolute atomic E-state index is 13.1. The summed E-state index contributed by atoms with van der Waals surface area (Å²) < 4.78 is 12.4. The summed E-state index contributed by atoms with van der Waals surface area (Å²) in [4.78, 5) is 21.0. The number of piperidine rings is 1. The van der Waals surface area contributed by atoms with Gasteiger partial charge in [0.25, 0.3) is 0 Å². The second-order valence-corrected chi connectivity index (χ2v) is 9.32. The molecule has 0 aliphatic carbocycles. The zero-order valence-electron chi connectivity index (χ0n) is 16.0. The molecule has 29 heavy (non-hydrogen) atoms. The second-order valence-electron chi connectivity index (χ2n) is 7.21. The Morgan fingerprint density at radius 3 is 2.90 bits per heavy atom. The molecular formula is C22H22N2O3S2. The fourth-order valence-electron chi connectivity index (χ4n) is 3.86. The van der Waals surface area contributed by atoms with Gasteiger partial charge in [-0.15, -0.1) is 23.1 Å². The van der Waals surface area contributed by atoms with Gasteiger partial charge < -0.3 is 14.4 Å². The highest BCUT2D eigenvalue weighted by Crippen LogP contribution is 2.37. The van der Waals surface area contributed by atoms with Crippen LogP contribution in [0, 0.1) is 0 Å². The highest BCUT2D eigenvalue weighted by molar-refractivity contribution is 8.00. The van der Waals surface area contributed by atoms with E-state index < -0.39 is 0 Å². The number of hydrogen-bond acceptors (Lipinski definition) is 6. The van der Waals surface area contributed by atoms with E-state index in [1.54, 1.807) is 23.1 Å². The number of nitrogens with zero attached hydrogens (tertiary/aromatic N) is 2. The third kappa shape index (κ3) is 3.94. The monoisotopic (exact) mass is 426 g/mol. The first-order valence-electron chi connectivity index (χ1n) is 9.95. The van der Waals surface area contributed by atoms with Gasteiger partial charge >= 0.3 is 0 Å². The maximum Gasteiger partial charge on any atom is 0.233 e. The van der Waals surface area contributed by atoms with Gasteiger partial charge in [-0.1, -0.05) is 12.1 Å². The molecule has 0 unspecified atom stereocenters. The lowest BCUT2D eigenvalue weighted by Gasteiger charge is -2.34. The fraction of sp³-hybridized carbons (Fsp3) is 0.364. The summed E-state index contributed by atoms with van der Waals surface area (Å²) >= 11 is 3.27. The number of amides is 1. The third-order valence-electron chi connectivity index (χ3n) is 5.29. The lowest BCUT2D eigenvalue weighted by molar-refractivity contribution is -0.132. The first-order chi connectivity index (χ1) is 14.3. The number of para-hydroxylation sites is 1. The minimum absolute atomic E-state index is 0.0921. The van der Waals surface area contributed by atoms with E-state index in [1.807, 2.05) is 41.3 Å². The summed E-state index contributed by atoms with van der Waals surface area (Å²) in [5.41, 5.74) is 1.02. The summed E-state index contributed by atoms with van der Waals surface area (Å²) in [7, 11) is 0. The van der Waals surface area contributed by atoms with Crippen molar-refractivity contribution in [2.24, 2.45) is 0 Å². The Hall–Kier alpha value is -2.25. The van der Waals surface area contributed by atoms with Crippen LogP contribution in [-0.4, -0.2) is 41.3 Å². The number of thiazole rings is 1. The average molecular weight is 427 g/mol. The van der Waals surface area contributed by atoms with Gasteiger partial charge in [-0.25, -0.2) is 4.98 Å². The van der Waals surface area contributed by atoms with Crippen LogP contribution in [0.4, 0.5) is 0 Å². The van der Waals surface area contributed by atoms with Crippen molar-refractivity contribution in [3.05, 3.63) is 47.5 Å². The summed E-state index contributed by atoms with van der Waals surface area (Å²) in [6, 6.07) is 14.2. The van der Waals surface area contributed by atoms with E-state index in [9.17, 15) is 4.79 Å². The number of fused-ring (bicyclic) bond motifs is 2. The molecule has 0 bridgehead atoms. The third-order valence-corrected chi connectivity index (χ3v) is 7.41. The van der Waals surface area contributed by atoms with Crippen molar-refractivity contribution in [3.63, 3.8) is 0 Å². The number of rotatable bonds is 4. The number of likely N-dealkylation sites (tertiary alicyclic amines) is 1. The zero-order valence-corrected chi connectivity index (χ0v) is 17.6. The number of thioether (sulfide) groups is 1. The minimum Gasteiger partial charge on any atom is -0.486 e. The number of carbonyl (C=O) groups excluding carboxylic acids is 1.